The highest BCUT2D eigenvalue weighted by Gasteiger charge is 2.40. The van der Waals surface area contributed by atoms with E-state index >= 15 is 0 Å². The van der Waals surface area contributed by atoms with Gasteiger partial charge in [0.25, 0.3) is 10.1 Å². The van der Waals surface area contributed by atoms with Gasteiger partial charge >= 0.3 is 7.60 Å². The number of methoxy groups -OCH3 is 1. The zero-order valence-corrected chi connectivity index (χ0v) is 16.2. The van der Waals surface area contributed by atoms with Crippen molar-refractivity contribution < 1.29 is 36.8 Å². The van der Waals surface area contributed by atoms with Gasteiger partial charge in [0, 0.05) is 0 Å². The molecule has 2 rings (SSSR count). The lowest BCUT2D eigenvalue weighted by molar-refractivity contribution is 0.184. The second kappa shape index (κ2) is 8.86. The van der Waals surface area contributed by atoms with Crippen molar-refractivity contribution >= 4 is 17.7 Å². The molecule has 0 aliphatic rings. The van der Waals surface area contributed by atoms with Gasteiger partial charge in [0.15, 0.2) is 16.5 Å². The van der Waals surface area contributed by atoms with Crippen molar-refractivity contribution in [3.63, 3.8) is 0 Å². The van der Waals surface area contributed by atoms with Gasteiger partial charge in [-0.25, -0.2) is 0 Å². The fraction of sp³-hybridized carbons (Fsp3) is 0.294. The Hall–Kier alpha value is -1.90. The number of ether oxygens (including phenoxy) is 2. The first kappa shape index (κ1) is 21.4. The summed E-state index contributed by atoms with van der Waals surface area (Å²) in [6.45, 7) is 0. The first-order valence-electron chi connectivity index (χ1n) is 7.99. The summed E-state index contributed by atoms with van der Waals surface area (Å²) in [5, 5.41) is 0. The molecule has 0 saturated carbocycles. The van der Waals surface area contributed by atoms with Gasteiger partial charge in [0.2, 0.25) is 0 Å². The van der Waals surface area contributed by atoms with Crippen LogP contribution in [0.2, 0.25) is 0 Å². The van der Waals surface area contributed by atoms with Crippen LogP contribution < -0.4 is 9.47 Å². The third-order valence-corrected chi connectivity index (χ3v) is 7.46. The predicted octanol–water partition coefficient (Wildman–Crippen LogP) is 2.99. The van der Waals surface area contributed by atoms with Crippen molar-refractivity contribution in [3.05, 3.63) is 60.2 Å². The summed E-state index contributed by atoms with van der Waals surface area (Å²) in [7, 11) is -8.52. The van der Waals surface area contributed by atoms with E-state index < -0.39 is 35.2 Å². The quantitative estimate of drug-likeness (QED) is 0.420. The van der Waals surface area contributed by atoms with Gasteiger partial charge in [-0.3, -0.25) is 9.12 Å². The molecule has 10 heteroatoms. The van der Waals surface area contributed by atoms with Gasteiger partial charge < -0.3 is 19.3 Å². The average Bonchev–Trinajstić information content (AvgIpc) is 2.60. The summed E-state index contributed by atoms with van der Waals surface area (Å²) in [6, 6.07) is 15.7. The molecule has 8 nitrogen and oxygen atoms in total. The molecule has 0 spiro atoms. The minimum Gasteiger partial charge on any atom is -0.493 e. The van der Waals surface area contributed by atoms with Crippen LogP contribution >= 0.6 is 7.60 Å². The topological polar surface area (TPSA) is 130 Å². The Labute approximate surface area is 157 Å². The molecule has 0 bridgehead atoms. The van der Waals surface area contributed by atoms with Crippen molar-refractivity contribution in [2.24, 2.45) is 0 Å². The Kier molecular flexibility index (Phi) is 7.02. The van der Waals surface area contributed by atoms with Crippen molar-refractivity contribution in [3.8, 4) is 11.5 Å². The molecule has 0 radical (unpaired) electrons. The van der Waals surface area contributed by atoms with Crippen LogP contribution in [0, 0.1) is 0 Å². The molecular weight excluding hydrogens is 395 g/mol. The molecular formula is C17H21O8PS. The van der Waals surface area contributed by atoms with E-state index in [0.29, 0.717) is 17.1 Å². The fourth-order valence-corrected chi connectivity index (χ4v) is 4.92. The summed E-state index contributed by atoms with van der Waals surface area (Å²) >= 11 is 0. The smallest absolute Gasteiger partial charge is 0.346 e. The predicted molar refractivity (Wildman–Crippen MR) is 99.4 cm³/mol. The van der Waals surface area contributed by atoms with Crippen LogP contribution in [0.5, 0.6) is 11.5 Å². The van der Waals surface area contributed by atoms with Crippen LogP contribution in [0.4, 0.5) is 0 Å². The van der Waals surface area contributed by atoms with Crippen molar-refractivity contribution in [1.82, 2.24) is 0 Å². The molecule has 0 heterocycles. The highest BCUT2D eigenvalue weighted by Crippen LogP contribution is 2.47. The monoisotopic (exact) mass is 416 g/mol. The maximum Gasteiger partial charge on any atom is 0.346 e. The second-order valence-corrected chi connectivity index (χ2v) is 9.55. The minimum absolute atomic E-state index is 0.0579. The van der Waals surface area contributed by atoms with Gasteiger partial charge in [-0.15, -0.1) is 0 Å². The second-order valence-electron chi connectivity index (χ2n) is 5.80. The molecule has 3 N–H and O–H groups in total. The Bertz CT molecular complexity index is 894. The SMILES string of the molecule is COc1ccccc1OC(CCC(P(=O)(O)O)S(=O)(=O)O)c1ccccc1. The van der Waals surface area contributed by atoms with Crippen LogP contribution in [-0.2, 0) is 14.7 Å². The number of rotatable bonds is 9. The number of para-hydroxylation sites is 2. The van der Waals surface area contributed by atoms with Crippen LogP contribution in [0.1, 0.15) is 24.5 Å². The highest BCUT2D eigenvalue weighted by atomic mass is 32.2. The standard InChI is InChI=1S/C17H21O8PS/c1-24-15-9-5-6-10-16(15)25-14(13-7-3-2-4-8-13)11-12-17(26(18,19)20)27(21,22)23/h2-10,14,17H,11-12H2,1H3,(H2,18,19,20)(H,21,22,23). The molecule has 2 aromatic carbocycles. The summed E-state index contributed by atoms with van der Waals surface area (Å²) in [4.78, 5) is 16.3. The van der Waals surface area contributed by atoms with Crippen molar-refractivity contribution in [1.29, 1.82) is 0 Å². The molecule has 0 aliphatic heterocycles. The van der Waals surface area contributed by atoms with Gasteiger partial charge in [-0.05, 0) is 30.5 Å². The Morgan fingerprint density at radius 2 is 1.52 bits per heavy atom. The maximum absolute atomic E-state index is 11.5. The summed E-state index contributed by atoms with van der Waals surface area (Å²) in [5.74, 6) is 0.855. The molecule has 27 heavy (non-hydrogen) atoms. The Morgan fingerprint density at radius 1 is 0.963 bits per heavy atom. The molecule has 2 atom stereocenters. The molecule has 0 fully saturated rings. The molecule has 0 aromatic heterocycles. The van der Waals surface area contributed by atoms with E-state index in [9.17, 15) is 27.3 Å². The van der Waals surface area contributed by atoms with E-state index in [2.05, 4.69) is 0 Å². The van der Waals surface area contributed by atoms with E-state index in [1.165, 1.54) is 7.11 Å². The van der Waals surface area contributed by atoms with Crippen molar-refractivity contribution in [2.75, 3.05) is 7.11 Å². The molecule has 2 unspecified atom stereocenters. The lowest BCUT2D eigenvalue weighted by atomic mass is 10.1. The van der Waals surface area contributed by atoms with Crippen molar-refractivity contribution in [2.45, 2.75) is 23.9 Å². The first-order chi connectivity index (χ1) is 12.6. The van der Waals surface area contributed by atoms with Gasteiger partial charge in [0.05, 0.1) is 7.11 Å². The average molecular weight is 416 g/mol. The van der Waals surface area contributed by atoms with E-state index in [-0.39, 0.29) is 6.42 Å². The van der Waals surface area contributed by atoms with E-state index in [1.54, 1.807) is 54.6 Å². The maximum atomic E-state index is 11.5. The normalized spacial score (nSPS) is 14.4. The summed E-state index contributed by atoms with van der Waals surface area (Å²) < 4.78 is 54.6. The fourth-order valence-electron chi connectivity index (χ4n) is 2.62. The minimum atomic E-state index is -5.06. The van der Waals surface area contributed by atoms with Crippen LogP contribution in [-0.4, -0.2) is 34.9 Å². The van der Waals surface area contributed by atoms with E-state index in [4.69, 9.17) is 9.47 Å². The zero-order valence-electron chi connectivity index (χ0n) is 14.5. The third-order valence-electron chi connectivity index (χ3n) is 3.90. The van der Waals surface area contributed by atoms with Crippen LogP contribution in [0.3, 0.4) is 0 Å². The Morgan fingerprint density at radius 3 is 2.04 bits per heavy atom. The molecule has 148 valence electrons. The van der Waals surface area contributed by atoms with E-state index in [1.807, 2.05) is 0 Å². The Balaban J connectivity index is 2.30. The molecule has 0 amide bonds. The van der Waals surface area contributed by atoms with Gasteiger partial charge in [-0.1, -0.05) is 42.5 Å². The zero-order chi connectivity index (χ0) is 20.1. The molecule has 0 saturated heterocycles. The molecule has 2 aromatic rings. The largest absolute Gasteiger partial charge is 0.493 e. The third kappa shape index (κ3) is 6.05. The van der Waals surface area contributed by atoms with Crippen LogP contribution in [0.15, 0.2) is 54.6 Å². The number of hydrogen-bond donors (Lipinski definition) is 3. The summed E-state index contributed by atoms with van der Waals surface area (Å²) in [5.41, 5.74) is 0.684. The number of benzene rings is 2. The molecule has 0 aliphatic carbocycles. The summed E-state index contributed by atoms with van der Waals surface area (Å²) in [6.07, 6.45) is -1.26. The highest BCUT2D eigenvalue weighted by molar-refractivity contribution is 7.93. The van der Waals surface area contributed by atoms with Gasteiger partial charge in [0.1, 0.15) is 6.10 Å². The van der Waals surface area contributed by atoms with Gasteiger partial charge in [-0.2, -0.15) is 8.42 Å². The lowest BCUT2D eigenvalue weighted by Gasteiger charge is -2.23. The van der Waals surface area contributed by atoms with E-state index in [0.717, 1.165) is 0 Å². The van der Waals surface area contributed by atoms with Crippen LogP contribution in [0.25, 0.3) is 0 Å². The number of hydrogen-bond acceptors (Lipinski definition) is 5. The lowest BCUT2D eigenvalue weighted by Crippen LogP contribution is -2.22. The first-order valence-corrected chi connectivity index (χ1v) is 11.2.